The predicted octanol–water partition coefficient (Wildman–Crippen LogP) is 0.517. The molecular formula is C5H6INO. The Balaban J connectivity index is 3.43. The Hall–Kier alpha value is -0.240. The van der Waals surface area contributed by atoms with Crippen molar-refractivity contribution >= 4 is 28.5 Å². The van der Waals surface area contributed by atoms with Crippen LogP contribution in [0.1, 0.15) is 6.92 Å². The van der Waals surface area contributed by atoms with E-state index in [0.29, 0.717) is 0 Å². The number of alkyl halides is 1. The van der Waals surface area contributed by atoms with Crippen LogP contribution in [0.5, 0.6) is 0 Å². The topological polar surface area (TPSA) is 29.1 Å². The molecule has 0 bridgehead atoms. The normalized spacial score (nSPS) is 11.6. The Morgan fingerprint density at radius 2 is 2.50 bits per heavy atom. The summed E-state index contributed by atoms with van der Waals surface area (Å²) in [6.45, 7) is 1.43. The number of terminal acetylenes is 1. The molecule has 0 aliphatic carbocycles. The van der Waals surface area contributed by atoms with Gasteiger partial charge in [0, 0.05) is 6.92 Å². The van der Waals surface area contributed by atoms with Crippen molar-refractivity contribution in [3.05, 3.63) is 0 Å². The van der Waals surface area contributed by atoms with E-state index in [-0.39, 0.29) is 9.96 Å². The molecule has 0 aliphatic rings. The lowest BCUT2D eigenvalue weighted by Crippen LogP contribution is -2.26. The number of carbonyl (C=O) groups is 1. The number of nitrogens with one attached hydrogen (secondary N) is 1. The van der Waals surface area contributed by atoms with Crippen LogP contribution in [0.3, 0.4) is 0 Å². The average molecular weight is 223 g/mol. The summed E-state index contributed by atoms with van der Waals surface area (Å²) in [6.07, 6.45) is 4.95. The smallest absolute Gasteiger partial charge is 0.218 e. The van der Waals surface area contributed by atoms with E-state index in [4.69, 9.17) is 6.42 Å². The second-order valence-electron chi connectivity index (χ2n) is 1.23. The summed E-state index contributed by atoms with van der Waals surface area (Å²) in [5.41, 5.74) is 0. The molecule has 0 fully saturated rings. The molecule has 0 aromatic carbocycles. The maximum atomic E-state index is 10.2. The molecule has 1 unspecified atom stereocenters. The van der Waals surface area contributed by atoms with E-state index in [0.717, 1.165) is 0 Å². The van der Waals surface area contributed by atoms with Crippen molar-refractivity contribution in [2.45, 2.75) is 11.0 Å². The monoisotopic (exact) mass is 223 g/mol. The lowest BCUT2D eigenvalue weighted by molar-refractivity contribution is -0.118. The van der Waals surface area contributed by atoms with Crippen molar-refractivity contribution in [1.29, 1.82) is 0 Å². The van der Waals surface area contributed by atoms with Gasteiger partial charge in [0.2, 0.25) is 5.91 Å². The summed E-state index contributed by atoms with van der Waals surface area (Å²) in [5, 5.41) is 2.50. The molecule has 0 radical (unpaired) electrons. The van der Waals surface area contributed by atoms with E-state index in [1.54, 1.807) is 0 Å². The third-order valence-corrected chi connectivity index (χ3v) is 1.15. The first-order valence-corrected chi connectivity index (χ1v) is 3.28. The van der Waals surface area contributed by atoms with Gasteiger partial charge in [-0.3, -0.25) is 4.79 Å². The highest BCUT2D eigenvalue weighted by Crippen LogP contribution is 1.90. The molecule has 0 saturated carbocycles. The van der Waals surface area contributed by atoms with Crippen LogP contribution in [-0.2, 0) is 4.79 Å². The van der Waals surface area contributed by atoms with Gasteiger partial charge < -0.3 is 5.32 Å². The van der Waals surface area contributed by atoms with Crippen LogP contribution in [0, 0.1) is 12.3 Å². The van der Waals surface area contributed by atoms with E-state index in [1.165, 1.54) is 6.92 Å². The van der Waals surface area contributed by atoms with Crippen molar-refractivity contribution in [2.75, 3.05) is 0 Å². The standard InChI is InChI=1S/C5H6INO/c1-3-5(6)7-4(2)8/h1,5H,2H3,(H,7,8). The van der Waals surface area contributed by atoms with Crippen molar-refractivity contribution in [3.63, 3.8) is 0 Å². The van der Waals surface area contributed by atoms with Crippen LogP contribution in [-0.4, -0.2) is 9.96 Å². The molecule has 1 N–H and O–H groups in total. The molecule has 0 rings (SSSR count). The van der Waals surface area contributed by atoms with Crippen molar-refractivity contribution in [3.8, 4) is 12.3 Å². The fraction of sp³-hybridized carbons (Fsp3) is 0.400. The van der Waals surface area contributed by atoms with Gasteiger partial charge in [-0.05, 0) is 22.6 Å². The SMILES string of the molecule is C#CC(I)NC(C)=O. The molecule has 0 spiro atoms. The number of carbonyl (C=O) groups excluding carboxylic acids is 1. The molecule has 0 aliphatic heterocycles. The average Bonchev–Trinajstić information content (AvgIpc) is 1.65. The highest BCUT2D eigenvalue weighted by molar-refractivity contribution is 14.1. The van der Waals surface area contributed by atoms with Crippen LogP contribution in [0.15, 0.2) is 0 Å². The minimum atomic E-state index is -0.176. The molecule has 8 heavy (non-hydrogen) atoms. The molecular weight excluding hydrogens is 217 g/mol. The Morgan fingerprint density at radius 1 is 2.00 bits per heavy atom. The molecule has 1 amide bonds. The van der Waals surface area contributed by atoms with Crippen molar-refractivity contribution in [1.82, 2.24) is 5.32 Å². The van der Waals surface area contributed by atoms with Gasteiger partial charge in [-0.2, -0.15) is 0 Å². The number of amides is 1. The third kappa shape index (κ3) is 3.93. The summed E-state index contributed by atoms with van der Waals surface area (Å²) in [6, 6.07) is 0. The summed E-state index contributed by atoms with van der Waals surface area (Å²) < 4.78 is -0.176. The van der Waals surface area contributed by atoms with Gasteiger partial charge in [-0.15, -0.1) is 6.42 Å². The highest BCUT2D eigenvalue weighted by atomic mass is 127. The lowest BCUT2D eigenvalue weighted by Gasteiger charge is -1.99. The van der Waals surface area contributed by atoms with E-state index in [1.807, 2.05) is 22.6 Å². The van der Waals surface area contributed by atoms with Gasteiger partial charge in [-0.1, -0.05) is 5.92 Å². The van der Waals surface area contributed by atoms with Gasteiger partial charge in [0.05, 0.1) is 0 Å². The lowest BCUT2D eigenvalue weighted by atomic mass is 10.6. The fourth-order valence-electron chi connectivity index (χ4n) is 0.220. The van der Waals surface area contributed by atoms with Crippen molar-refractivity contribution in [2.24, 2.45) is 0 Å². The first-order valence-electron chi connectivity index (χ1n) is 2.04. The molecule has 3 heteroatoms. The Bertz CT molecular complexity index is 127. The van der Waals surface area contributed by atoms with E-state index >= 15 is 0 Å². The first-order chi connectivity index (χ1) is 3.66. The summed E-state index contributed by atoms with van der Waals surface area (Å²) in [4.78, 5) is 10.2. The van der Waals surface area contributed by atoms with Crippen LogP contribution in [0.4, 0.5) is 0 Å². The maximum absolute atomic E-state index is 10.2. The van der Waals surface area contributed by atoms with Gasteiger partial charge in [0.25, 0.3) is 0 Å². The van der Waals surface area contributed by atoms with Crippen LogP contribution >= 0.6 is 22.6 Å². The second kappa shape index (κ2) is 3.72. The van der Waals surface area contributed by atoms with Crippen LogP contribution in [0.25, 0.3) is 0 Å². The molecule has 44 valence electrons. The molecule has 0 heterocycles. The van der Waals surface area contributed by atoms with Gasteiger partial charge >= 0.3 is 0 Å². The number of hydrogen-bond acceptors (Lipinski definition) is 1. The number of halogens is 1. The zero-order valence-electron chi connectivity index (χ0n) is 4.44. The van der Waals surface area contributed by atoms with Gasteiger partial charge in [0.15, 0.2) is 0 Å². The van der Waals surface area contributed by atoms with E-state index in [2.05, 4.69) is 11.2 Å². The van der Waals surface area contributed by atoms with Crippen LogP contribution < -0.4 is 5.32 Å². The van der Waals surface area contributed by atoms with E-state index in [9.17, 15) is 4.79 Å². The maximum Gasteiger partial charge on any atom is 0.218 e. The number of rotatable bonds is 1. The minimum absolute atomic E-state index is 0.0950. The highest BCUT2D eigenvalue weighted by Gasteiger charge is 1.96. The molecule has 0 aromatic heterocycles. The van der Waals surface area contributed by atoms with Gasteiger partial charge in [-0.25, -0.2) is 0 Å². The molecule has 1 atom stereocenters. The second-order valence-corrected chi connectivity index (χ2v) is 2.48. The Labute approximate surface area is 62.2 Å². The predicted molar refractivity (Wildman–Crippen MR) is 40.5 cm³/mol. The fourth-order valence-corrected chi connectivity index (χ4v) is 0.659. The first kappa shape index (κ1) is 7.76. The zero-order valence-corrected chi connectivity index (χ0v) is 6.60. The van der Waals surface area contributed by atoms with Crippen LogP contribution in [0.2, 0.25) is 0 Å². The number of hydrogen-bond donors (Lipinski definition) is 1. The third-order valence-electron chi connectivity index (χ3n) is 0.476. The molecule has 0 saturated heterocycles. The summed E-state index contributed by atoms with van der Waals surface area (Å²) >= 11 is 1.95. The van der Waals surface area contributed by atoms with E-state index < -0.39 is 0 Å². The minimum Gasteiger partial charge on any atom is -0.334 e. The molecule has 2 nitrogen and oxygen atoms in total. The summed E-state index contributed by atoms with van der Waals surface area (Å²) in [7, 11) is 0. The zero-order chi connectivity index (χ0) is 6.57. The van der Waals surface area contributed by atoms with Crippen molar-refractivity contribution < 1.29 is 4.79 Å². The summed E-state index contributed by atoms with van der Waals surface area (Å²) in [5.74, 6) is 2.26. The largest absolute Gasteiger partial charge is 0.334 e. The quantitative estimate of drug-likeness (QED) is 0.298. The Kier molecular flexibility index (Phi) is 3.61. The van der Waals surface area contributed by atoms with Gasteiger partial charge in [0.1, 0.15) is 4.05 Å². The molecule has 0 aromatic rings. The Morgan fingerprint density at radius 3 is 2.62 bits per heavy atom.